The van der Waals surface area contributed by atoms with Crippen molar-refractivity contribution in [2.75, 3.05) is 6.54 Å². The third kappa shape index (κ3) is 1.67. The normalized spacial score (nSPS) is 10.8. The van der Waals surface area contributed by atoms with Crippen LogP contribution in [0.5, 0.6) is 0 Å². The van der Waals surface area contributed by atoms with E-state index >= 15 is 0 Å². The van der Waals surface area contributed by atoms with Gasteiger partial charge in [-0.3, -0.25) is 0 Å². The summed E-state index contributed by atoms with van der Waals surface area (Å²) in [5, 5.41) is 0. The lowest BCUT2D eigenvalue weighted by molar-refractivity contribution is 0.984. The van der Waals surface area contributed by atoms with Crippen LogP contribution in [0, 0.1) is 19.8 Å². The molecule has 0 unspecified atom stereocenters. The van der Waals surface area contributed by atoms with Crippen LogP contribution >= 0.6 is 0 Å². The first-order valence-electron chi connectivity index (χ1n) is 4.26. The fourth-order valence-electron chi connectivity index (χ4n) is 1.32. The van der Waals surface area contributed by atoms with Gasteiger partial charge in [-0.15, -0.1) is 0 Å². The van der Waals surface area contributed by atoms with Crippen molar-refractivity contribution in [3.63, 3.8) is 0 Å². The minimum Gasteiger partial charge on any atom is -0.330 e. The molecular formula is C11H16N. The summed E-state index contributed by atoms with van der Waals surface area (Å²) in [4.78, 5) is 0. The van der Waals surface area contributed by atoms with Crippen molar-refractivity contribution in [2.45, 2.75) is 20.8 Å². The van der Waals surface area contributed by atoms with E-state index in [0.717, 1.165) is 0 Å². The summed E-state index contributed by atoms with van der Waals surface area (Å²) in [5.74, 6) is 1.26. The highest BCUT2D eigenvalue weighted by Gasteiger charge is 2.07. The Hall–Kier alpha value is -0.820. The summed E-state index contributed by atoms with van der Waals surface area (Å²) in [5.41, 5.74) is 9.57. The smallest absolute Gasteiger partial charge is 0.0156 e. The van der Waals surface area contributed by atoms with Gasteiger partial charge in [0.2, 0.25) is 0 Å². The van der Waals surface area contributed by atoms with Gasteiger partial charge in [-0.2, -0.15) is 0 Å². The third-order valence-electron chi connectivity index (χ3n) is 2.37. The maximum absolute atomic E-state index is 5.59. The minimum absolute atomic E-state index is 0.643. The molecule has 1 nitrogen and oxygen atoms in total. The van der Waals surface area contributed by atoms with Crippen molar-refractivity contribution in [3.8, 4) is 0 Å². The predicted molar refractivity (Wildman–Crippen MR) is 53.0 cm³/mol. The van der Waals surface area contributed by atoms with Crippen LogP contribution < -0.4 is 5.73 Å². The first-order valence-corrected chi connectivity index (χ1v) is 4.26. The third-order valence-corrected chi connectivity index (χ3v) is 2.37. The maximum atomic E-state index is 5.59. The molecule has 1 aromatic carbocycles. The Kier molecular flexibility index (Phi) is 2.88. The van der Waals surface area contributed by atoms with Crippen molar-refractivity contribution in [2.24, 2.45) is 5.73 Å². The van der Waals surface area contributed by atoms with E-state index in [2.05, 4.69) is 39.0 Å². The molecule has 1 rings (SSSR count). The molecule has 0 aliphatic heterocycles. The van der Waals surface area contributed by atoms with Gasteiger partial charge in [0, 0.05) is 12.5 Å². The van der Waals surface area contributed by atoms with Gasteiger partial charge in [-0.05, 0) is 30.5 Å². The second-order valence-corrected chi connectivity index (χ2v) is 3.23. The molecule has 2 N–H and O–H groups in total. The fourth-order valence-corrected chi connectivity index (χ4v) is 1.32. The molecule has 1 radical (unpaired) electrons. The molecule has 0 saturated heterocycles. The number of rotatable bonds is 2. The van der Waals surface area contributed by atoms with Crippen LogP contribution in [0.4, 0.5) is 0 Å². The molecule has 1 aromatic rings. The standard InChI is InChI=1S/C11H16N/c1-8-5-4-6-11(10(8)3)9(2)7-12/h4-6H,7,12H2,1-3H3. The molecule has 0 saturated carbocycles. The molecule has 0 amide bonds. The van der Waals surface area contributed by atoms with E-state index in [9.17, 15) is 0 Å². The zero-order valence-electron chi connectivity index (χ0n) is 8.02. The molecule has 65 valence electrons. The molecule has 0 atom stereocenters. The van der Waals surface area contributed by atoms with E-state index in [-0.39, 0.29) is 0 Å². The number of aryl methyl sites for hydroxylation is 1. The van der Waals surface area contributed by atoms with Crippen molar-refractivity contribution in [1.82, 2.24) is 0 Å². The summed E-state index contributed by atoms with van der Waals surface area (Å²) in [6, 6.07) is 6.34. The average molecular weight is 162 g/mol. The second-order valence-electron chi connectivity index (χ2n) is 3.23. The molecule has 0 fully saturated rings. The highest BCUT2D eigenvalue weighted by atomic mass is 14.5. The van der Waals surface area contributed by atoms with Crippen molar-refractivity contribution in [1.29, 1.82) is 0 Å². The van der Waals surface area contributed by atoms with Gasteiger partial charge in [-0.25, -0.2) is 0 Å². The van der Waals surface area contributed by atoms with E-state index in [4.69, 9.17) is 5.73 Å². The molecule has 0 heterocycles. The van der Waals surface area contributed by atoms with Gasteiger partial charge in [-0.1, -0.05) is 25.1 Å². The zero-order chi connectivity index (χ0) is 9.14. The molecule has 12 heavy (non-hydrogen) atoms. The van der Waals surface area contributed by atoms with Gasteiger partial charge >= 0.3 is 0 Å². The highest BCUT2D eigenvalue weighted by Crippen LogP contribution is 2.19. The van der Waals surface area contributed by atoms with Crippen LogP contribution in [0.25, 0.3) is 0 Å². The minimum atomic E-state index is 0.643. The molecule has 0 bridgehead atoms. The Morgan fingerprint density at radius 1 is 1.33 bits per heavy atom. The van der Waals surface area contributed by atoms with Crippen LogP contribution in [-0.4, -0.2) is 6.54 Å². The Morgan fingerprint density at radius 2 is 2.00 bits per heavy atom. The first kappa shape index (κ1) is 9.27. The van der Waals surface area contributed by atoms with Gasteiger partial charge in [0.25, 0.3) is 0 Å². The quantitative estimate of drug-likeness (QED) is 0.709. The molecule has 0 aliphatic rings. The molecular weight excluding hydrogens is 146 g/mol. The van der Waals surface area contributed by atoms with Crippen LogP contribution in [-0.2, 0) is 0 Å². The van der Waals surface area contributed by atoms with E-state index in [1.807, 2.05) is 0 Å². The van der Waals surface area contributed by atoms with E-state index in [1.165, 1.54) is 22.6 Å². The van der Waals surface area contributed by atoms with Gasteiger partial charge in [0.15, 0.2) is 0 Å². The van der Waals surface area contributed by atoms with Crippen LogP contribution in [0.1, 0.15) is 23.6 Å². The van der Waals surface area contributed by atoms with Crippen molar-refractivity contribution >= 4 is 0 Å². The SMILES string of the molecule is C[C](CN)c1cccc(C)c1C. The molecule has 0 aromatic heterocycles. The summed E-state index contributed by atoms with van der Waals surface area (Å²) >= 11 is 0. The van der Waals surface area contributed by atoms with Gasteiger partial charge < -0.3 is 5.73 Å². The lowest BCUT2D eigenvalue weighted by Crippen LogP contribution is -2.11. The van der Waals surface area contributed by atoms with Crippen LogP contribution in [0.2, 0.25) is 0 Å². The Balaban J connectivity index is 3.07. The van der Waals surface area contributed by atoms with E-state index in [0.29, 0.717) is 6.54 Å². The summed E-state index contributed by atoms with van der Waals surface area (Å²) in [6.45, 7) is 7.00. The second kappa shape index (κ2) is 3.72. The van der Waals surface area contributed by atoms with Crippen molar-refractivity contribution < 1.29 is 0 Å². The van der Waals surface area contributed by atoms with Crippen LogP contribution in [0.3, 0.4) is 0 Å². The lowest BCUT2D eigenvalue weighted by Gasteiger charge is -2.13. The Labute approximate surface area is 74.6 Å². The number of benzene rings is 1. The largest absolute Gasteiger partial charge is 0.330 e. The summed E-state index contributed by atoms with van der Waals surface area (Å²) in [6.07, 6.45) is 0. The number of hydrogen-bond acceptors (Lipinski definition) is 1. The van der Waals surface area contributed by atoms with Crippen LogP contribution in [0.15, 0.2) is 18.2 Å². The average Bonchev–Trinajstić information content (AvgIpc) is 2.08. The van der Waals surface area contributed by atoms with Crippen molar-refractivity contribution in [3.05, 3.63) is 40.8 Å². The topological polar surface area (TPSA) is 26.0 Å². The predicted octanol–water partition coefficient (Wildman–Crippen LogP) is 2.20. The number of hydrogen-bond donors (Lipinski definition) is 1. The first-order chi connectivity index (χ1) is 5.66. The molecule has 1 heteroatoms. The fraction of sp³-hybridized carbons (Fsp3) is 0.364. The Bertz CT molecular complexity index is 266. The maximum Gasteiger partial charge on any atom is 0.0156 e. The monoisotopic (exact) mass is 162 g/mol. The van der Waals surface area contributed by atoms with E-state index in [1.54, 1.807) is 0 Å². The summed E-state index contributed by atoms with van der Waals surface area (Å²) < 4.78 is 0. The van der Waals surface area contributed by atoms with E-state index < -0.39 is 0 Å². The van der Waals surface area contributed by atoms with Gasteiger partial charge in [0.05, 0.1) is 0 Å². The number of nitrogens with two attached hydrogens (primary N) is 1. The van der Waals surface area contributed by atoms with Gasteiger partial charge in [0.1, 0.15) is 0 Å². The molecule has 0 aliphatic carbocycles. The molecule has 0 spiro atoms. The highest BCUT2D eigenvalue weighted by molar-refractivity contribution is 5.41. The summed E-state index contributed by atoms with van der Waals surface area (Å²) in [7, 11) is 0. The Morgan fingerprint density at radius 3 is 2.58 bits per heavy atom. The zero-order valence-corrected chi connectivity index (χ0v) is 8.02. The lowest BCUT2D eigenvalue weighted by atomic mass is 9.94.